The molecular weight excluding hydrogens is 575 g/mol. The van der Waals surface area contributed by atoms with Crippen LogP contribution in [0.5, 0.6) is 0 Å². The number of phosphoric acid groups is 1. The van der Waals surface area contributed by atoms with E-state index in [1.165, 1.54) is 122 Å². The topological polar surface area (TPSA) is 131 Å². The van der Waals surface area contributed by atoms with Crippen molar-refractivity contribution in [1.29, 1.82) is 0 Å². The Balaban J connectivity index is 4.20. The molecule has 0 aromatic carbocycles. The van der Waals surface area contributed by atoms with Crippen molar-refractivity contribution in [2.45, 2.75) is 199 Å². The molecule has 5 N–H and O–H groups in total. The minimum Gasteiger partial charge on any atom is -0.391 e. The first kappa shape index (κ1) is 43.5. The van der Waals surface area contributed by atoms with Crippen molar-refractivity contribution >= 4 is 13.7 Å². The van der Waals surface area contributed by atoms with Crippen molar-refractivity contribution in [3.63, 3.8) is 0 Å². The van der Waals surface area contributed by atoms with E-state index in [0.717, 1.165) is 38.5 Å². The number of hydrogen-bond donors (Lipinski definition) is 4. The van der Waals surface area contributed by atoms with E-state index in [1.807, 2.05) is 0 Å². The lowest BCUT2D eigenvalue weighted by molar-refractivity contribution is -0.123. The van der Waals surface area contributed by atoms with Crippen LogP contribution in [-0.2, 0) is 18.4 Å². The highest BCUT2D eigenvalue weighted by atomic mass is 31.2. The summed E-state index contributed by atoms with van der Waals surface area (Å²) in [6.07, 6.45) is 31.0. The zero-order chi connectivity index (χ0) is 32.6. The first-order chi connectivity index (χ1) is 21.4. The van der Waals surface area contributed by atoms with Crippen molar-refractivity contribution in [2.24, 2.45) is 5.73 Å². The van der Waals surface area contributed by atoms with Gasteiger partial charge in [0.1, 0.15) is 0 Å². The van der Waals surface area contributed by atoms with Crippen LogP contribution in [0.25, 0.3) is 0 Å². The van der Waals surface area contributed by atoms with E-state index in [0.29, 0.717) is 12.8 Å². The number of carbonyl (C=O) groups is 1. The fraction of sp³-hybridized carbons (Fsp3) is 0.971. The van der Waals surface area contributed by atoms with Gasteiger partial charge in [-0.05, 0) is 12.8 Å². The van der Waals surface area contributed by atoms with Crippen LogP contribution in [0.3, 0.4) is 0 Å². The zero-order valence-electron chi connectivity index (χ0n) is 28.9. The van der Waals surface area contributed by atoms with E-state index in [-0.39, 0.29) is 25.7 Å². The molecule has 0 bridgehead atoms. The highest BCUT2D eigenvalue weighted by molar-refractivity contribution is 7.47. The Morgan fingerprint density at radius 3 is 1.45 bits per heavy atom. The van der Waals surface area contributed by atoms with Crippen molar-refractivity contribution in [1.82, 2.24) is 5.32 Å². The quantitative estimate of drug-likeness (QED) is 0.0398. The number of unbranched alkanes of at least 4 members (excludes halogenated alkanes) is 23. The first-order valence-corrected chi connectivity index (χ1v) is 20.1. The maximum Gasteiger partial charge on any atom is 0.472 e. The SMILES string of the molecule is CCCCCCCCCCCCCCCCCC(=O)NC(COP(=O)(O)OCCN)C(O)CCCCCCCCCCCC. The van der Waals surface area contributed by atoms with Crippen LogP contribution in [0, 0.1) is 0 Å². The van der Waals surface area contributed by atoms with E-state index < -0.39 is 20.0 Å². The Bertz CT molecular complexity index is 669. The smallest absolute Gasteiger partial charge is 0.391 e. The average Bonchev–Trinajstić information content (AvgIpc) is 3.01. The molecule has 9 heteroatoms. The largest absolute Gasteiger partial charge is 0.472 e. The number of nitrogens with two attached hydrogens (primary N) is 1. The molecule has 0 aromatic rings. The molecule has 8 nitrogen and oxygen atoms in total. The van der Waals surface area contributed by atoms with Gasteiger partial charge in [0.25, 0.3) is 0 Å². The number of aliphatic hydroxyl groups excluding tert-OH is 1. The molecular formula is C35H73N2O6P. The predicted octanol–water partition coefficient (Wildman–Crippen LogP) is 9.50. The minimum atomic E-state index is -4.30. The third-order valence-corrected chi connectivity index (χ3v) is 9.45. The molecule has 0 heterocycles. The van der Waals surface area contributed by atoms with E-state index in [9.17, 15) is 19.4 Å². The van der Waals surface area contributed by atoms with Gasteiger partial charge < -0.3 is 21.1 Å². The Hall–Kier alpha value is -0.500. The van der Waals surface area contributed by atoms with Gasteiger partial charge in [-0.2, -0.15) is 0 Å². The van der Waals surface area contributed by atoms with E-state index >= 15 is 0 Å². The van der Waals surface area contributed by atoms with Crippen LogP contribution in [0.1, 0.15) is 187 Å². The highest BCUT2D eigenvalue weighted by Crippen LogP contribution is 2.43. The molecule has 0 aliphatic carbocycles. The second kappa shape index (κ2) is 32.4. The van der Waals surface area contributed by atoms with E-state index in [2.05, 4.69) is 19.2 Å². The van der Waals surface area contributed by atoms with Gasteiger partial charge in [0.2, 0.25) is 5.91 Å². The molecule has 0 saturated heterocycles. The van der Waals surface area contributed by atoms with Gasteiger partial charge in [-0.25, -0.2) is 4.57 Å². The van der Waals surface area contributed by atoms with Gasteiger partial charge in [0, 0.05) is 13.0 Å². The standard InChI is InChI=1S/C35H73N2O6P/c1-3-5-7-9-11-13-15-16-17-18-19-21-23-25-27-29-35(39)37-33(32-43-44(40,41)42-31-30-36)34(38)28-26-24-22-20-14-12-10-8-6-4-2/h33-34,38H,3-32,36H2,1-2H3,(H,37,39)(H,40,41). The Morgan fingerprint density at radius 2 is 1.05 bits per heavy atom. The van der Waals surface area contributed by atoms with Crippen LogP contribution in [-0.4, -0.2) is 47.8 Å². The maximum atomic E-state index is 12.7. The number of nitrogens with one attached hydrogen (secondary N) is 1. The zero-order valence-corrected chi connectivity index (χ0v) is 29.8. The number of hydrogen-bond acceptors (Lipinski definition) is 6. The Morgan fingerprint density at radius 1 is 0.659 bits per heavy atom. The van der Waals surface area contributed by atoms with Gasteiger partial charge in [-0.1, -0.05) is 168 Å². The molecule has 0 aromatic heterocycles. The van der Waals surface area contributed by atoms with Crippen molar-refractivity contribution in [3.8, 4) is 0 Å². The van der Waals surface area contributed by atoms with Crippen molar-refractivity contribution < 1.29 is 28.4 Å². The summed E-state index contributed by atoms with van der Waals surface area (Å²) in [6.45, 7) is 4.19. The van der Waals surface area contributed by atoms with E-state index in [4.69, 9.17) is 14.8 Å². The number of amides is 1. The lowest BCUT2D eigenvalue weighted by Gasteiger charge is -2.25. The molecule has 0 aliphatic rings. The molecule has 0 fully saturated rings. The number of phosphoric ester groups is 1. The highest BCUT2D eigenvalue weighted by Gasteiger charge is 2.27. The summed E-state index contributed by atoms with van der Waals surface area (Å²) < 4.78 is 22.0. The van der Waals surface area contributed by atoms with Gasteiger partial charge in [0.05, 0.1) is 25.4 Å². The Labute approximate surface area is 272 Å². The third-order valence-electron chi connectivity index (χ3n) is 8.46. The molecule has 0 radical (unpaired) electrons. The summed E-state index contributed by atoms with van der Waals surface area (Å²) in [6, 6.07) is -0.764. The van der Waals surface area contributed by atoms with Crippen LogP contribution in [0.15, 0.2) is 0 Å². The number of aliphatic hydroxyl groups is 1. The van der Waals surface area contributed by atoms with Gasteiger partial charge in [0.15, 0.2) is 0 Å². The first-order valence-electron chi connectivity index (χ1n) is 18.7. The number of carbonyl (C=O) groups excluding carboxylic acids is 1. The van der Waals surface area contributed by atoms with Crippen molar-refractivity contribution in [3.05, 3.63) is 0 Å². The second-order valence-corrected chi connectivity index (χ2v) is 14.3. The van der Waals surface area contributed by atoms with Gasteiger partial charge in [-0.3, -0.25) is 13.8 Å². The predicted molar refractivity (Wildman–Crippen MR) is 185 cm³/mol. The summed E-state index contributed by atoms with van der Waals surface area (Å²) in [7, 11) is -4.30. The van der Waals surface area contributed by atoms with Gasteiger partial charge >= 0.3 is 7.82 Å². The molecule has 3 unspecified atom stereocenters. The Kier molecular flexibility index (Phi) is 32.1. The molecule has 3 atom stereocenters. The average molecular weight is 649 g/mol. The number of rotatable bonds is 35. The van der Waals surface area contributed by atoms with E-state index in [1.54, 1.807) is 0 Å². The van der Waals surface area contributed by atoms with Gasteiger partial charge in [-0.15, -0.1) is 0 Å². The molecule has 264 valence electrons. The molecule has 0 rings (SSSR count). The molecule has 0 spiro atoms. The molecule has 1 amide bonds. The minimum absolute atomic E-state index is 0.0920. The maximum absolute atomic E-state index is 12.7. The summed E-state index contributed by atoms with van der Waals surface area (Å²) in [5.74, 6) is -0.161. The van der Waals surface area contributed by atoms with Crippen LogP contribution in [0.4, 0.5) is 0 Å². The molecule has 44 heavy (non-hydrogen) atoms. The summed E-state index contributed by atoms with van der Waals surface area (Å²) in [5, 5.41) is 13.7. The van der Waals surface area contributed by atoms with Crippen LogP contribution in [0.2, 0.25) is 0 Å². The molecule has 0 aliphatic heterocycles. The lowest BCUT2D eigenvalue weighted by Crippen LogP contribution is -2.46. The monoisotopic (exact) mass is 649 g/mol. The van der Waals surface area contributed by atoms with Crippen molar-refractivity contribution in [2.75, 3.05) is 19.8 Å². The summed E-state index contributed by atoms with van der Waals surface area (Å²) in [4.78, 5) is 22.6. The fourth-order valence-electron chi connectivity index (χ4n) is 5.61. The fourth-order valence-corrected chi connectivity index (χ4v) is 6.37. The third kappa shape index (κ3) is 30.2. The summed E-state index contributed by atoms with van der Waals surface area (Å²) >= 11 is 0. The van der Waals surface area contributed by atoms with Crippen LogP contribution >= 0.6 is 7.82 Å². The normalized spacial score (nSPS) is 14.4. The second-order valence-electron chi connectivity index (χ2n) is 12.8. The van der Waals surface area contributed by atoms with Crippen LogP contribution < -0.4 is 11.1 Å². The summed E-state index contributed by atoms with van der Waals surface area (Å²) in [5.41, 5.74) is 5.35. The lowest BCUT2D eigenvalue weighted by atomic mass is 10.0. The molecule has 0 saturated carbocycles.